The van der Waals surface area contributed by atoms with Gasteiger partial charge in [-0.25, -0.2) is 15.0 Å². The fourth-order valence-electron chi connectivity index (χ4n) is 4.01. The minimum absolute atomic E-state index is 0.496. The zero-order valence-electron chi connectivity index (χ0n) is 20.7. The molecule has 0 amide bonds. The fourth-order valence-corrected chi connectivity index (χ4v) is 4.87. The minimum Gasteiger partial charge on any atom is -0.338 e. The van der Waals surface area contributed by atoms with Crippen LogP contribution in [0, 0.1) is 13.8 Å². The molecule has 1 N–H and O–H groups in total. The number of aromatic nitrogens is 5. The zero-order chi connectivity index (χ0) is 25.3. The van der Waals surface area contributed by atoms with Gasteiger partial charge in [-0.15, -0.1) is 0 Å². The van der Waals surface area contributed by atoms with Crippen LogP contribution in [0.25, 0.3) is 35.0 Å². The normalized spacial score (nSPS) is 11.9. The van der Waals surface area contributed by atoms with Gasteiger partial charge in [-0.1, -0.05) is 24.3 Å². The van der Waals surface area contributed by atoms with E-state index >= 15 is 0 Å². The van der Waals surface area contributed by atoms with E-state index in [1.54, 1.807) is 25.9 Å². The first-order chi connectivity index (χ1) is 17.3. The summed E-state index contributed by atoms with van der Waals surface area (Å²) in [4.78, 5) is 18.6. The van der Waals surface area contributed by atoms with Crippen LogP contribution in [0.1, 0.15) is 16.7 Å². The predicted molar refractivity (Wildman–Crippen MR) is 149 cm³/mol. The van der Waals surface area contributed by atoms with E-state index in [4.69, 9.17) is 9.97 Å². The quantitative estimate of drug-likeness (QED) is 0.286. The summed E-state index contributed by atoms with van der Waals surface area (Å²) in [5.41, 5.74) is 6.37. The van der Waals surface area contributed by atoms with Crippen molar-refractivity contribution in [2.24, 2.45) is 0 Å². The molecule has 5 aromatic rings. The van der Waals surface area contributed by atoms with Crippen molar-refractivity contribution < 1.29 is 4.57 Å². The molecule has 0 saturated heterocycles. The smallest absolute Gasteiger partial charge is 0.182 e. The van der Waals surface area contributed by atoms with Crippen LogP contribution in [0.5, 0.6) is 0 Å². The molecular weight excluding hydrogens is 467 g/mol. The highest BCUT2D eigenvalue weighted by atomic mass is 31.2. The lowest BCUT2D eigenvalue weighted by Gasteiger charge is -2.11. The molecule has 3 heterocycles. The molecule has 0 spiro atoms. The Morgan fingerprint density at radius 1 is 0.889 bits per heavy atom. The molecule has 0 saturated carbocycles. The SMILES string of the molecule is Cc1cccc(C)c1/C=C/n1cnc2c(Nc3ccc(P(C)(C)=O)cc3)nc(-c3ccccn3)nc21. The Morgan fingerprint density at radius 2 is 1.64 bits per heavy atom. The number of benzene rings is 2. The second-order valence-corrected chi connectivity index (χ2v) is 12.3. The van der Waals surface area contributed by atoms with E-state index in [9.17, 15) is 4.57 Å². The van der Waals surface area contributed by atoms with Crippen LogP contribution in [0.4, 0.5) is 11.5 Å². The van der Waals surface area contributed by atoms with Gasteiger partial charge in [0, 0.05) is 23.4 Å². The van der Waals surface area contributed by atoms with Gasteiger partial charge in [0.05, 0.1) is 0 Å². The standard InChI is InChI=1S/C28H27N6OP/c1-19-8-7-9-20(2)23(19)15-17-34-18-30-25-27(31-21-11-13-22(14-12-21)36(3,4)35)32-26(33-28(25)34)24-10-5-6-16-29-24/h5-18H,1-4H3,(H,31,32,33)/b17-15+. The number of pyridine rings is 1. The second kappa shape index (κ2) is 9.51. The first-order valence-corrected chi connectivity index (χ1v) is 14.2. The van der Waals surface area contributed by atoms with Gasteiger partial charge in [-0.05, 0) is 86.3 Å². The Morgan fingerprint density at radius 3 is 2.31 bits per heavy atom. The summed E-state index contributed by atoms with van der Waals surface area (Å²) in [6.07, 6.45) is 7.51. The first-order valence-electron chi connectivity index (χ1n) is 11.6. The number of hydrogen-bond acceptors (Lipinski definition) is 6. The van der Waals surface area contributed by atoms with Crippen LogP contribution in [0.15, 0.2) is 73.2 Å². The molecule has 8 heteroatoms. The summed E-state index contributed by atoms with van der Waals surface area (Å²) in [6.45, 7) is 7.73. The van der Waals surface area contributed by atoms with Crippen LogP contribution in [0.2, 0.25) is 0 Å². The van der Waals surface area contributed by atoms with Crippen molar-refractivity contribution in [1.82, 2.24) is 24.5 Å². The maximum atomic E-state index is 12.4. The first kappa shape index (κ1) is 23.6. The van der Waals surface area contributed by atoms with Gasteiger partial charge in [0.15, 0.2) is 22.8 Å². The molecule has 0 bridgehead atoms. The third kappa shape index (κ3) is 4.83. The van der Waals surface area contributed by atoms with E-state index in [-0.39, 0.29) is 0 Å². The number of anilines is 2. The molecule has 3 aromatic heterocycles. The predicted octanol–water partition coefficient (Wildman–Crippen LogP) is 6.12. The van der Waals surface area contributed by atoms with Crippen molar-refractivity contribution in [3.63, 3.8) is 0 Å². The van der Waals surface area contributed by atoms with Crippen LogP contribution in [-0.4, -0.2) is 37.8 Å². The van der Waals surface area contributed by atoms with E-state index < -0.39 is 7.14 Å². The van der Waals surface area contributed by atoms with Crippen LogP contribution >= 0.6 is 7.14 Å². The number of aryl methyl sites for hydroxylation is 2. The third-order valence-electron chi connectivity index (χ3n) is 6.01. The molecule has 5 rings (SSSR count). The molecule has 0 fully saturated rings. The largest absolute Gasteiger partial charge is 0.338 e. The summed E-state index contributed by atoms with van der Waals surface area (Å²) >= 11 is 0. The van der Waals surface area contributed by atoms with Crippen LogP contribution < -0.4 is 10.6 Å². The van der Waals surface area contributed by atoms with Crippen molar-refractivity contribution in [2.75, 3.05) is 18.6 Å². The highest BCUT2D eigenvalue weighted by Crippen LogP contribution is 2.35. The Labute approximate surface area is 210 Å². The maximum absolute atomic E-state index is 12.4. The molecule has 0 aliphatic rings. The van der Waals surface area contributed by atoms with Gasteiger partial charge >= 0.3 is 0 Å². The van der Waals surface area contributed by atoms with Gasteiger partial charge in [0.25, 0.3) is 0 Å². The molecule has 0 radical (unpaired) electrons. The van der Waals surface area contributed by atoms with Gasteiger partial charge in [-0.3, -0.25) is 9.55 Å². The highest BCUT2D eigenvalue weighted by molar-refractivity contribution is 7.70. The second-order valence-electron chi connectivity index (χ2n) is 9.08. The van der Waals surface area contributed by atoms with Crippen molar-refractivity contribution >= 4 is 47.4 Å². The zero-order valence-corrected chi connectivity index (χ0v) is 21.6. The summed E-state index contributed by atoms with van der Waals surface area (Å²) in [5, 5.41) is 4.20. The number of fused-ring (bicyclic) bond motifs is 1. The van der Waals surface area contributed by atoms with Gasteiger partial charge in [-0.2, -0.15) is 0 Å². The highest BCUT2D eigenvalue weighted by Gasteiger charge is 2.16. The number of hydrogen-bond donors (Lipinski definition) is 1. The van der Waals surface area contributed by atoms with Crippen molar-refractivity contribution in [3.8, 4) is 11.5 Å². The van der Waals surface area contributed by atoms with Gasteiger partial charge in [0.2, 0.25) is 0 Å². The average Bonchev–Trinajstić information content (AvgIpc) is 3.27. The Balaban J connectivity index is 1.60. The molecule has 7 nitrogen and oxygen atoms in total. The third-order valence-corrected chi connectivity index (χ3v) is 7.55. The molecule has 0 aliphatic heterocycles. The van der Waals surface area contributed by atoms with Crippen molar-refractivity contribution in [3.05, 3.63) is 89.9 Å². The van der Waals surface area contributed by atoms with Crippen LogP contribution in [0.3, 0.4) is 0 Å². The molecule has 180 valence electrons. The van der Waals surface area contributed by atoms with Crippen LogP contribution in [-0.2, 0) is 4.57 Å². The Bertz CT molecular complexity index is 1600. The number of nitrogens with zero attached hydrogens (tertiary/aromatic N) is 5. The van der Waals surface area contributed by atoms with E-state index in [0.717, 1.165) is 11.0 Å². The maximum Gasteiger partial charge on any atom is 0.182 e. The number of imidazole rings is 1. The van der Waals surface area contributed by atoms with E-state index in [1.165, 1.54) is 16.7 Å². The topological polar surface area (TPSA) is 85.6 Å². The monoisotopic (exact) mass is 494 g/mol. The summed E-state index contributed by atoms with van der Waals surface area (Å²) in [6, 6.07) is 19.5. The van der Waals surface area contributed by atoms with Gasteiger partial charge < -0.3 is 9.88 Å². The summed E-state index contributed by atoms with van der Waals surface area (Å²) < 4.78 is 14.3. The lowest BCUT2D eigenvalue weighted by atomic mass is 10.0. The summed E-state index contributed by atoms with van der Waals surface area (Å²) in [7, 11) is -2.33. The van der Waals surface area contributed by atoms with Gasteiger partial charge in [0.1, 0.15) is 19.2 Å². The molecule has 36 heavy (non-hydrogen) atoms. The minimum atomic E-state index is -2.33. The molecule has 2 aromatic carbocycles. The number of nitrogens with one attached hydrogen (secondary N) is 1. The lowest BCUT2D eigenvalue weighted by Crippen LogP contribution is -2.04. The van der Waals surface area contributed by atoms with E-state index in [1.807, 2.05) is 53.2 Å². The van der Waals surface area contributed by atoms with Crippen molar-refractivity contribution in [1.29, 1.82) is 0 Å². The Hall–Kier alpha value is -4.09. The molecule has 0 aliphatic carbocycles. The van der Waals surface area contributed by atoms with Crippen molar-refractivity contribution in [2.45, 2.75) is 13.8 Å². The Kier molecular flexibility index (Phi) is 6.25. The summed E-state index contributed by atoms with van der Waals surface area (Å²) in [5.74, 6) is 1.07. The molecule has 0 atom stereocenters. The average molecular weight is 495 g/mol. The lowest BCUT2D eigenvalue weighted by molar-refractivity contribution is 0.588. The van der Waals surface area contributed by atoms with E-state index in [2.05, 4.69) is 53.4 Å². The molecular formula is C28H27N6OP. The molecule has 0 unspecified atom stereocenters. The number of rotatable bonds is 6. The fraction of sp³-hybridized carbons (Fsp3) is 0.143. The van der Waals surface area contributed by atoms with E-state index in [0.29, 0.717) is 28.5 Å².